The Labute approximate surface area is 170 Å². The van der Waals surface area contributed by atoms with Gasteiger partial charge in [-0.25, -0.2) is 8.42 Å². The molecule has 2 aromatic carbocycles. The Morgan fingerprint density at radius 2 is 1.79 bits per heavy atom. The molecular formula is C21H23N3O4S. The maximum absolute atomic E-state index is 12.9. The van der Waals surface area contributed by atoms with Crippen molar-refractivity contribution in [3.63, 3.8) is 0 Å². The van der Waals surface area contributed by atoms with Crippen LogP contribution in [0.5, 0.6) is 11.5 Å². The highest BCUT2D eigenvalue weighted by molar-refractivity contribution is 7.92. The summed E-state index contributed by atoms with van der Waals surface area (Å²) in [5.74, 6) is 1.38. The van der Waals surface area contributed by atoms with Gasteiger partial charge in [-0.15, -0.1) is 0 Å². The van der Waals surface area contributed by atoms with Crippen molar-refractivity contribution in [3.8, 4) is 11.5 Å². The van der Waals surface area contributed by atoms with Gasteiger partial charge in [0.1, 0.15) is 0 Å². The number of ether oxygens (including phenoxy) is 2. The highest BCUT2D eigenvalue weighted by Gasteiger charge is 2.26. The summed E-state index contributed by atoms with van der Waals surface area (Å²) < 4.78 is 36.6. The Morgan fingerprint density at radius 1 is 1.10 bits per heavy atom. The van der Waals surface area contributed by atoms with Crippen LogP contribution in [0.25, 0.3) is 0 Å². The monoisotopic (exact) mass is 413 g/mol. The average molecular weight is 413 g/mol. The van der Waals surface area contributed by atoms with E-state index in [0.29, 0.717) is 23.6 Å². The van der Waals surface area contributed by atoms with E-state index in [4.69, 9.17) is 15.2 Å². The van der Waals surface area contributed by atoms with Gasteiger partial charge in [-0.1, -0.05) is 12.2 Å². The summed E-state index contributed by atoms with van der Waals surface area (Å²) in [6.45, 7) is 0.203. The fraction of sp³-hybridized carbons (Fsp3) is 0.238. The standard InChI is InChI=1S/C21H23N3O4S/c1-24(2)19-12-21-20(27-13-28-21)11-18(19)23-15-5-9-17(10-6-15)29(25,26)16-7-3-14(22)4-8-16/h3-7,9-12,16,23H,8,13,22H2,1-2H3. The molecule has 1 atom stereocenters. The number of hydrogen-bond donors (Lipinski definition) is 2. The molecule has 7 nitrogen and oxygen atoms in total. The number of sulfone groups is 1. The van der Waals surface area contributed by atoms with E-state index in [1.54, 1.807) is 42.5 Å². The first-order valence-electron chi connectivity index (χ1n) is 9.20. The van der Waals surface area contributed by atoms with E-state index in [2.05, 4.69) is 5.32 Å². The predicted octanol–water partition coefficient (Wildman–Crippen LogP) is 3.17. The van der Waals surface area contributed by atoms with Crippen molar-refractivity contribution in [1.82, 2.24) is 0 Å². The number of allylic oxidation sites excluding steroid dienone is 2. The van der Waals surface area contributed by atoms with Gasteiger partial charge in [0.15, 0.2) is 21.3 Å². The van der Waals surface area contributed by atoms with E-state index in [9.17, 15) is 8.42 Å². The summed E-state index contributed by atoms with van der Waals surface area (Å²) >= 11 is 0. The summed E-state index contributed by atoms with van der Waals surface area (Å²) in [5, 5.41) is 2.74. The lowest BCUT2D eigenvalue weighted by atomic mass is 10.1. The summed E-state index contributed by atoms with van der Waals surface area (Å²) in [4.78, 5) is 2.25. The van der Waals surface area contributed by atoms with Crippen molar-refractivity contribution in [2.45, 2.75) is 16.6 Å². The fourth-order valence-electron chi connectivity index (χ4n) is 3.31. The van der Waals surface area contributed by atoms with Gasteiger partial charge in [-0.05, 0) is 36.8 Å². The minimum atomic E-state index is -3.46. The zero-order valence-corrected chi connectivity index (χ0v) is 17.1. The molecule has 0 radical (unpaired) electrons. The predicted molar refractivity (Wildman–Crippen MR) is 114 cm³/mol. The summed E-state index contributed by atoms with van der Waals surface area (Å²) in [5.41, 5.74) is 8.83. The zero-order chi connectivity index (χ0) is 20.6. The third-order valence-corrected chi connectivity index (χ3v) is 7.00. The second kappa shape index (κ2) is 7.36. The molecule has 4 rings (SSSR count). The largest absolute Gasteiger partial charge is 0.454 e. The van der Waals surface area contributed by atoms with Crippen molar-refractivity contribution in [1.29, 1.82) is 0 Å². The molecule has 2 aromatic rings. The third kappa shape index (κ3) is 3.75. The number of rotatable bonds is 5. The molecular weight excluding hydrogens is 390 g/mol. The normalized spacial score (nSPS) is 17.7. The first kappa shape index (κ1) is 19.2. The zero-order valence-electron chi connectivity index (χ0n) is 16.3. The van der Waals surface area contributed by atoms with Crippen molar-refractivity contribution in [3.05, 3.63) is 60.3 Å². The van der Waals surface area contributed by atoms with Crippen LogP contribution in [0.3, 0.4) is 0 Å². The Kier molecular flexibility index (Phi) is 4.87. The van der Waals surface area contributed by atoms with Crippen LogP contribution in [0.4, 0.5) is 17.1 Å². The topological polar surface area (TPSA) is 93.9 Å². The Morgan fingerprint density at radius 3 is 2.41 bits per heavy atom. The van der Waals surface area contributed by atoms with Gasteiger partial charge in [0, 0.05) is 37.6 Å². The number of nitrogens with zero attached hydrogens (tertiary/aromatic N) is 1. The molecule has 1 unspecified atom stereocenters. The van der Waals surface area contributed by atoms with E-state index in [0.717, 1.165) is 17.1 Å². The van der Waals surface area contributed by atoms with E-state index in [-0.39, 0.29) is 11.7 Å². The molecule has 0 saturated carbocycles. The molecule has 1 heterocycles. The van der Waals surface area contributed by atoms with Gasteiger partial charge < -0.3 is 25.4 Å². The van der Waals surface area contributed by atoms with Crippen molar-refractivity contribution >= 4 is 26.9 Å². The Balaban J connectivity index is 1.57. The van der Waals surface area contributed by atoms with E-state index in [1.165, 1.54) is 0 Å². The highest BCUT2D eigenvalue weighted by atomic mass is 32.2. The lowest BCUT2D eigenvalue weighted by Gasteiger charge is -2.20. The summed E-state index contributed by atoms with van der Waals surface area (Å²) in [6, 6.07) is 10.6. The van der Waals surface area contributed by atoms with Crippen molar-refractivity contribution < 1.29 is 17.9 Å². The molecule has 29 heavy (non-hydrogen) atoms. The molecule has 1 aliphatic carbocycles. The molecule has 3 N–H and O–H groups in total. The first-order chi connectivity index (χ1) is 13.8. The molecule has 8 heteroatoms. The second-order valence-corrected chi connectivity index (χ2v) is 9.32. The minimum Gasteiger partial charge on any atom is -0.454 e. The van der Waals surface area contributed by atoms with Crippen LogP contribution in [0, 0.1) is 0 Å². The van der Waals surface area contributed by atoms with E-state index >= 15 is 0 Å². The number of hydrogen-bond acceptors (Lipinski definition) is 7. The minimum absolute atomic E-state index is 0.203. The third-order valence-electron chi connectivity index (χ3n) is 4.92. The van der Waals surface area contributed by atoms with Crippen LogP contribution in [-0.4, -0.2) is 34.6 Å². The average Bonchev–Trinajstić information content (AvgIpc) is 3.15. The van der Waals surface area contributed by atoms with Crippen LogP contribution in [0.1, 0.15) is 6.42 Å². The van der Waals surface area contributed by atoms with Gasteiger partial charge in [0.25, 0.3) is 0 Å². The fourth-order valence-corrected chi connectivity index (χ4v) is 4.81. The van der Waals surface area contributed by atoms with Gasteiger partial charge in [0.2, 0.25) is 6.79 Å². The SMILES string of the molecule is CN(C)c1cc2c(cc1Nc1ccc(S(=O)(=O)C3C=CC(N)=CC3)cc1)OCO2. The number of benzene rings is 2. The molecule has 152 valence electrons. The van der Waals surface area contributed by atoms with Crippen LogP contribution >= 0.6 is 0 Å². The second-order valence-electron chi connectivity index (χ2n) is 7.15. The van der Waals surface area contributed by atoms with Gasteiger partial charge in [0.05, 0.1) is 21.5 Å². The molecule has 0 fully saturated rings. The molecule has 0 amide bonds. The number of nitrogens with two attached hydrogens (primary N) is 1. The first-order valence-corrected chi connectivity index (χ1v) is 10.7. The molecule has 0 spiro atoms. The molecule has 2 aliphatic rings. The van der Waals surface area contributed by atoms with E-state index in [1.807, 2.05) is 31.1 Å². The number of anilines is 3. The molecule has 1 aliphatic heterocycles. The van der Waals surface area contributed by atoms with Crippen LogP contribution in [-0.2, 0) is 9.84 Å². The highest BCUT2D eigenvalue weighted by Crippen LogP contribution is 2.41. The lowest BCUT2D eigenvalue weighted by Crippen LogP contribution is -2.21. The quantitative estimate of drug-likeness (QED) is 0.777. The van der Waals surface area contributed by atoms with Gasteiger partial charge in [-0.2, -0.15) is 0 Å². The van der Waals surface area contributed by atoms with Crippen LogP contribution in [0.15, 0.2) is 65.2 Å². The lowest BCUT2D eigenvalue weighted by molar-refractivity contribution is 0.174. The van der Waals surface area contributed by atoms with Gasteiger partial charge >= 0.3 is 0 Å². The molecule has 0 aromatic heterocycles. The summed E-state index contributed by atoms with van der Waals surface area (Å²) in [6.07, 6.45) is 5.41. The van der Waals surface area contributed by atoms with E-state index < -0.39 is 15.1 Å². The maximum atomic E-state index is 12.9. The smallest absolute Gasteiger partial charge is 0.231 e. The number of nitrogens with one attached hydrogen (secondary N) is 1. The Bertz CT molecular complexity index is 1090. The van der Waals surface area contributed by atoms with Gasteiger partial charge in [-0.3, -0.25) is 0 Å². The van der Waals surface area contributed by atoms with Crippen LogP contribution in [0.2, 0.25) is 0 Å². The Hall–Kier alpha value is -3.13. The van der Waals surface area contributed by atoms with Crippen molar-refractivity contribution in [2.75, 3.05) is 31.1 Å². The summed E-state index contributed by atoms with van der Waals surface area (Å²) in [7, 11) is 0.419. The number of fused-ring (bicyclic) bond motifs is 1. The van der Waals surface area contributed by atoms with Crippen molar-refractivity contribution in [2.24, 2.45) is 5.73 Å². The molecule has 0 bridgehead atoms. The van der Waals surface area contributed by atoms with Crippen LogP contribution < -0.4 is 25.4 Å². The molecule has 0 saturated heterocycles. The maximum Gasteiger partial charge on any atom is 0.231 e.